The number of nitrogens with one attached hydrogen (secondary N) is 1. The van der Waals surface area contributed by atoms with Gasteiger partial charge in [0.1, 0.15) is 0 Å². The third kappa shape index (κ3) is 4.22. The van der Waals surface area contributed by atoms with Gasteiger partial charge >= 0.3 is 0 Å². The van der Waals surface area contributed by atoms with E-state index in [1.54, 1.807) is 16.8 Å². The molecule has 0 aliphatic heterocycles. The van der Waals surface area contributed by atoms with Gasteiger partial charge in [-0.15, -0.1) is 0 Å². The van der Waals surface area contributed by atoms with Crippen molar-refractivity contribution in [3.63, 3.8) is 0 Å². The zero-order chi connectivity index (χ0) is 22.5. The van der Waals surface area contributed by atoms with Gasteiger partial charge in [0.05, 0.1) is 24.7 Å². The van der Waals surface area contributed by atoms with Crippen LogP contribution in [0.25, 0.3) is 16.9 Å². The standard InChI is InChI=1S/C25H22N4O3/c1-17-23(25(31)27-26-16-18-13-14-21(30)22(15-18)32-2)28-29(20-11-7-4-8-12-20)24(17)19-9-5-3-6-10-19/h3-16,30H,1-2H3,(H,27,31)/b26-16+. The highest BCUT2D eigenvalue weighted by atomic mass is 16.5. The number of hydrogen-bond acceptors (Lipinski definition) is 5. The molecule has 0 radical (unpaired) electrons. The molecule has 0 aliphatic carbocycles. The summed E-state index contributed by atoms with van der Waals surface area (Å²) in [5.41, 5.74) is 6.89. The zero-order valence-corrected chi connectivity index (χ0v) is 17.7. The van der Waals surface area contributed by atoms with Crippen LogP contribution in [0.5, 0.6) is 11.5 Å². The highest BCUT2D eigenvalue weighted by molar-refractivity contribution is 5.96. The number of benzene rings is 3. The summed E-state index contributed by atoms with van der Waals surface area (Å²) in [5, 5.41) is 18.3. The first-order chi connectivity index (χ1) is 15.6. The van der Waals surface area contributed by atoms with Gasteiger partial charge < -0.3 is 9.84 Å². The molecule has 1 amide bonds. The van der Waals surface area contributed by atoms with Crippen LogP contribution in [-0.4, -0.2) is 34.1 Å². The Morgan fingerprint density at radius 1 is 1.06 bits per heavy atom. The van der Waals surface area contributed by atoms with Crippen LogP contribution < -0.4 is 10.2 Å². The number of amides is 1. The maximum atomic E-state index is 12.9. The molecule has 1 heterocycles. The molecule has 2 N–H and O–H groups in total. The topological polar surface area (TPSA) is 88.7 Å². The molecule has 0 saturated carbocycles. The van der Waals surface area contributed by atoms with Crippen LogP contribution >= 0.6 is 0 Å². The van der Waals surface area contributed by atoms with Gasteiger partial charge in [0.25, 0.3) is 5.91 Å². The second-order valence-corrected chi connectivity index (χ2v) is 7.07. The first-order valence-electron chi connectivity index (χ1n) is 9.99. The Labute approximate surface area is 185 Å². The van der Waals surface area contributed by atoms with E-state index in [0.29, 0.717) is 11.3 Å². The molecule has 32 heavy (non-hydrogen) atoms. The summed E-state index contributed by atoms with van der Waals surface area (Å²) in [5.74, 6) is -0.0641. The van der Waals surface area contributed by atoms with Gasteiger partial charge in [-0.25, -0.2) is 10.1 Å². The number of hydrogen-bond donors (Lipinski definition) is 2. The van der Waals surface area contributed by atoms with Crippen molar-refractivity contribution in [1.29, 1.82) is 0 Å². The third-order valence-electron chi connectivity index (χ3n) is 4.97. The van der Waals surface area contributed by atoms with Crippen molar-refractivity contribution >= 4 is 12.1 Å². The van der Waals surface area contributed by atoms with E-state index in [9.17, 15) is 9.90 Å². The fraction of sp³-hybridized carbons (Fsp3) is 0.0800. The molecule has 4 rings (SSSR count). The Balaban J connectivity index is 1.65. The predicted octanol–water partition coefficient (Wildman–Crippen LogP) is 4.33. The maximum Gasteiger partial charge on any atom is 0.292 e. The second-order valence-electron chi connectivity index (χ2n) is 7.07. The van der Waals surface area contributed by atoms with Crippen LogP contribution in [0.4, 0.5) is 0 Å². The molecule has 1 aromatic heterocycles. The van der Waals surface area contributed by atoms with E-state index < -0.39 is 5.91 Å². The lowest BCUT2D eigenvalue weighted by Crippen LogP contribution is -2.19. The lowest BCUT2D eigenvalue weighted by Gasteiger charge is -2.08. The summed E-state index contributed by atoms with van der Waals surface area (Å²) in [6.07, 6.45) is 1.47. The number of ether oxygens (including phenoxy) is 1. The largest absolute Gasteiger partial charge is 0.504 e. The van der Waals surface area contributed by atoms with Crippen molar-refractivity contribution in [1.82, 2.24) is 15.2 Å². The summed E-state index contributed by atoms with van der Waals surface area (Å²) < 4.78 is 6.86. The number of aromatic nitrogens is 2. The molecule has 0 unspecified atom stereocenters. The Morgan fingerprint density at radius 2 is 1.75 bits per heavy atom. The first kappa shape index (κ1) is 20.9. The summed E-state index contributed by atoms with van der Waals surface area (Å²) >= 11 is 0. The average molecular weight is 426 g/mol. The predicted molar refractivity (Wildman–Crippen MR) is 123 cm³/mol. The number of nitrogens with zero attached hydrogens (tertiary/aromatic N) is 3. The van der Waals surface area contributed by atoms with Gasteiger partial charge in [-0.3, -0.25) is 4.79 Å². The summed E-state index contributed by atoms with van der Waals surface area (Å²) in [6.45, 7) is 1.87. The lowest BCUT2D eigenvalue weighted by atomic mass is 10.1. The number of carbonyl (C=O) groups excluding carboxylic acids is 1. The van der Waals surface area contributed by atoms with Crippen molar-refractivity contribution in [2.24, 2.45) is 5.10 Å². The zero-order valence-electron chi connectivity index (χ0n) is 17.7. The quantitative estimate of drug-likeness (QED) is 0.355. The number of para-hydroxylation sites is 1. The molecule has 160 valence electrons. The third-order valence-corrected chi connectivity index (χ3v) is 4.97. The fourth-order valence-electron chi connectivity index (χ4n) is 3.40. The molecule has 0 atom stereocenters. The SMILES string of the molecule is COc1cc(/C=N/NC(=O)c2nn(-c3ccccc3)c(-c3ccccc3)c2C)ccc1O. The number of methoxy groups -OCH3 is 1. The Morgan fingerprint density at radius 3 is 2.44 bits per heavy atom. The molecular weight excluding hydrogens is 404 g/mol. The van der Waals surface area contributed by atoms with E-state index >= 15 is 0 Å². The van der Waals surface area contributed by atoms with Crippen molar-refractivity contribution in [2.45, 2.75) is 6.92 Å². The van der Waals surface area contributed by atoms with Crippen molar-refractivity contribution < 1.29 is 14.6 Å². The minimum Gasteiger partial charge on any atom is -0.504 e. The molecule has 7 heteroatoms. The Hall–Kier alpha value is -4.39. The van der Waals surface area contributed by atoms with Crippen LogP contribution in [0, 0.1) is 6.92 Å². The van der Waals surface area contributed by atoms with Gasteiger partial charge in [0.15, 0.2) is 17.2 Å². The van der Waals surface area contributed by atoms with Gasteiger partial charge in [-0.05, 0) is 42.8 Å². The maximum absolute atomic E-state index is 12.9. The number of phenolic OH excluding ortho intramolecular Hbond substituents is 1. The van der Waals surface area contributed by atoms with Crippen molar-refractivity contribution in [3.8, 4) is 28.4 Å². The van der Waals surface area contributed by atoms with E-state index in [0.717, 1.165) is 22.5 Å². The molecule has 0 spiro atoms. The van der Waals surface area contributed by atoms with Crippen LogP contribution in [-0.2, 0) is 0 Å². The normalized spacial score (nSPS) is 10.9. The van der Waals surface area contributed by atoms with Crippen LogP contribution in [0.3, 0.4) is 0 Å². The molecule has 3 aromatic carbocycles. The van der Waals surface area contributed by atoms with Gasteiger partial charge in [-0.2, -0.15) is 10.2 Å². The van der Waals surface area contributed by atoms with Crippen molar-refractivity contribution in [2.75, 3.05) is 7.11 Å². The smallest absolute Gasteiger partial charge is 0.292 e. The highest BCUT2D eigenvalue weighted by Gasteiger charge is 2.21. The van der Waals surface area contributed by atoms with Gasteiger partial charge in [0, 0.05) is 11.1 Å². The van der Waals surface area contributed by atoms with Crippen molar-refractivity contribution in [3.05, 3.63) is 95.7 Å². The molecular formula is C25H22N4O3. The molecule has 0 saturated heterocycles. The van der Waals surface area contributed by atoms with Crippen LogP contribution in [0.1, 0.15) is 21.6 Å². The van der Waals surface area contributed by atoms with E-state index in [2.05, 4.69) is 15.6 Å². The molecule has 0 fully saturated rings. The van der Waals surface area contributed by atoms with E-state index in [-0.39, 0.29) is 11.4 Å². The first-order valence-corrected chi connectivity index (χ1v) is 9.99. The summed E-state index contributed by atoms with van der Waals surface area (Å²) in [6, 6.07) is 24.3. The van der Waals surface area contributed by atoms with Crippen LogP contribution in [0.2, 0.25) is 0 Å². The second kappa shape index (κ2) is 9.18. The number of carbonyl (C=O) groups is 1. The van der Waals surface area contributed by atoms with E-state index in [1.165, 1.54) is 19.4 Å². The molecule has 0 bridgehead atoms. The molecule has 0 aliphatic rings. The van der Waals surface area contributed by atoms with E-state index in [1.807, 2.05) is 67.6 Å². The van der Waals surface area contributed by atoms with Gasteiger partial charge in [0.2, 0.25) is 0 Å². The molecule has 4 aromatic rings. The van der Waals surface area contributed by atoms with E-state index in [4.69, 9.17) is 4.74 Å². The number of rotatable bonds is 6. The fourth-order valence-corrected chi connectivity index (χ4v) is 3.40. The van der Waals surface area contributed by atoms with Crippen LogP contribution in [0.15, 0.2) is 84.0 Å². The summed E-state index contributed by atoms with van der Waals surface area (Å²) in [4.78, 5) is 12.9. The molecule has 7 nitrogen and oxygen atoms in total. The highest BCUT2D eigenvalue weighted by Crippen LogP contribution is 2.29. The monoisotopic (exact) mass is 426 g/mol. The summed E-state index contributed by atoms with van der Waals surface area (Å²) in [7, 11) is 1.47. The minimum absolute atomic E-state index is 0.0317. The number of aromatic hydroxyl groups is 1. The average Bonchev–Trinajstić information content (AvgIpc) is 3.18. The van der Waals surface area contributed by atoms with Gasteiger partial charge in [-0.1, -0.05) is 48.5 Å². The lowest BCUT2D eigenvalue weighted by molar-refractivity contribution is 0.0949. The number of hydrazone groups is 1. The Kier molecular flexibility index (Phi) is 5.98. The minimum atomic E-state index is -0.420. The number of phenols is 1. The Bertz CT molecular complexity index is 1270.